The van der Waals surface area contributed by atoms with E-state index in [1.807, 2.05) is 39.1 Å². The van der Waals surface area contributed by atoms with Gasteiger partial charge < -0.3 is 19.6 Å². The number of hydrogen-bond acceptors (Lipinski definition) is 5. The summed E-state index contributed by atoms with van der Waals surface area (Å²) in [4.78, 5) is 20.8. The van der Waals surface area contributed by atoms with Crippen LogP contribution in [0.1, 0.15) is 33.4 Å². The Hall–Kier alpha value is -2.28. The van der Waals surface area contributed by atoms with Crippen molar-refractivity contribution in [1.29, 1.82) is 0 Å². The van der Waals surface area contributed by atoms with Crippen molar-refractivity contribution >= 4 is 17.6 Å². The Balaban J connectivity index is 1.71. The van der Waals surface area contributed by atoms with Crippen LogP contribution >= 0.6 is 0 Å². The summed E-state index contributed by atoms with van der Waals surface area (Å²) in [7, 11) is 0. The fourth-order valence-corrected chi connectivity index (χ4v) is 3.15. The summed E-state index contributed by atoms with van der Waals surface area (Å²) in [5, 5.41) is 9.60. The van der Waals surface area contributed by atoms with Crippen LogP contribution in [-0.2, 0) is 11.2 Å². The number of hydrogen-bond donors (Lipinski definition) is 1. The molecule has 1 fully saturated rings. The van der Waals surface area contributed by atoms with Crippen LogP contribution in [0, 0.1) is 0 Å². The smallest absolute Gasteiger partial charge is 0.410 e. The predicted octanol–water partition coefficient (Wildman–Crippen LogP) is 2.31. The van der Waals surface area contributed by atoms with E-state index in [-0.39, 0.29) is 6.09 Å². The van der Waals surface area contributed by atoms with Gasteiger partial charge in [-0.2, -0.15) is 0 Å². The van der Waals surface area contributed by atoms with Gasteiger partial charge in [-0.05, 0) is 39.8 Å². The monoisotopic (exact) mass is 360 g/mol. The lowest BCUT2D eigenvalue weighted by Gasteiger charge is -2.36. The zero-order valence-corrected chi connectivity index (χ0v) is 16.0. The molecule has 1 aliphatic heterocycles. The van der Waals surface area contributed by atoms with Crippen LogP contribution in [0.5, 0.6) is 0 Å². The van der Waals surface area contributed by atoms with Gasteiger partial charge in [-0.15, -0.1) is 0 Å². The van der Waals surface area contributed by atoms with Crippen LogP contribution in [0.3, 0.4) is 0 Å². The average Bonchev–Trinajstić information content (AvgIpc) is 2.94. The Morgan fingerprint density at radius 1 is 1.27 bits per heavy atom. The number of nitrogens with zero attached hydrogens (tertiary/aromatic N) is 4. The molecule has 0 spiro atoms. The van der Waals surface area contributed by atoms with Crippen molar-refractivity contribution in [2.24, 2.45) is 0 Å². The van der Waals surface area contributed by atoms with E-state index in [1.54, 1.807) is 11.8 Å². The lowest BCUT2D eigenvalue weighted by Crippen LogP contribution is -2.50. The molecule has 7 heteroatoms. The van der Waals surface area contributed by atoms with Crippen LogP contribution in [0.2, 0.25) is 0 Å². The second-order valence-corrected chi connectivity index (χ2v) is 7.85. The number of carbonyl (C=O) groups is 1. The summed E-state index contributed by atoms with van der Waals surface area (Å²) < 4.78 is 7.51. The number of imidazole rings is 1. The van der Waals surface area contributed by atoms with Gasteiger partial charge in [-0.25, -0.2) is 9.78 Å². The highest BCUT2D eigenvalue weighted by Crippen LogP contribution is 2.21. The number of anilines is 1. The second-order valence-electron chi connectivity index (χ2n) is 7.85. The number of aliphatic hydroxyl groups excluding tert-OH is 1. The number of ether oxygens (including phenoxy) is 1. The van der Waals surface area contributed by atoms with Crippen LogP contribution in [0.4, 0.5) is 10.6 Å². The third-order valence-electron chi connectivity index (χ3n) is 4.28. The molecular weight excluding hydrogens is 332 g/mol. The summed E-state index contributed by atoms with van der Waals surface area (Å²) in [5.74, 6) is 1.05. The Morgan fingerprint density at radius 2 is 1.96 bits per heavy atom. The number of amides is 1. The molecule has 0 aromatic carbocycles. The van der Waals surface area contributed by atoms with Crippen molar-refractivity contribution in [1.82, 2.24) is 14.3 Å². The molecule has 2 aromatic heterocycles. The van der Waals surface area contributed by atoms with Gasteiger partial charge in [0.15, 0.2) is 0 Å². The molecule has 0 saturated carbocycles. The van der Waals surface area contributed by atoms with Crippen molar-refractivity contribution in [3.8, 4) is 0 Å². The normalized spacial score (nSPS) is 16.8. The Morgan fingerprint density at radius 3 is 2.58 bits per heavy atom. The predicted molar refractivity (Wildman–Crippen MR) is 101 cm³/mol. The minimum Gasteiger partial charge on any atom is -0.444 e. The first-order valence-electron chi connectivity index (χ1n) is 9.11. The minimum atomic E-state index is -0.475. The summed E-state index contributed by atoms with van der Waals surface area (Å²) in [6.45, 7) is 10.1. The van der Waals surface area contributed by atoms with Crippen molar-refractivity contribution in [2.45, 2.75) is 45.8 Å². The van der Waals surface area contributed by atoms with Gasteiger partial charge in [0.2, 0.25) is 0 Å². The molecule has 0 bridgehead atoms. The molecule has 1 aliphatic rings. The molecule has 1 atom stereocenters. The van der Waals surface area contributed by atoms with Gasteiger partial charge in [0.1, 0.15) is 17.1 Å². The lowest BCUT2D eigenvalue weighted by atomic mass is 10.2. The number of fused-ring (bicyclic) bond motifs is 1. The Kier molecular flexibility index (Phi) is 5.09. The molecule has 1 unspecified atom stereocenters. The molecule has 142 valence electrons. The van der Waals surface area contributed by atoms with Crippen molar-refractivity contribution in [3.63, 3.8) is 0 Å². The van der Waals surface area contributed by atoms with E-state index in [4.69, 9.17) is 4.74 Å². The average molecular weight is 360 g/mol. The molecule has 7 nitrogen and oxygen atoms in total. The number of aromatic nitrogens is 2. The second kappa shape index (κ2) is 7.15. The first-order chi connectivity index (χ1) is 12.2. The zero-order valence-electron chi connectivity index (χ0n) is 16.0. The Bertz CT molecular complexity index is 771. The summed E-state index contributed by atoms with van der Waals surface area (Å²) in [6, 6.07) is 6.01. The van der Waals surface area contributed by atoms with E-state index in [2.05, 4.69) is 20.4 Å². The quantitative estimate of drug-likeness (QED) is 0.910. The van der Waals surface area contributed by atoms with E-state index in [0.29, 0.717) is 19.5 Å². The van der Waals surface area contributed by atoms with Gasteiger partial charge in [-0.3, -0.25) is 4.40 Å². The molecule has 3 rings (SSSR count). The van der Waals surface area contributed by atoms with E-state index < -0.39 is 11.7 Å². The largest absolute Gasteiger partial charge is 0.444 e. The summed E-state index contributed by atoms with van der Waals surface area (Å²) in [6.07, 6.45) is 1.85. The fourth-order valence-electron chi connectivity index (χ4n) is 3.15. The first-order valence-corrected chi connectivity index (χ1v) is 9.11. The number of carbonyl (C=O) groups excluding carboxylic acids is 1. The van der Waals surface area contributed by atoms with E-state index in [9.17, 15) is 9.90 Å². The van der Waals surface area contributed by atoms with Crippen molar-refractivity contribution < 1.29 is 14.6 Å². The molecule has 26 heavy (non-hydrogen) atoms. The number of rotatable bonds is 3. The highest BCUT2D eigenvalue weighted by atomic mass is 16.6. The van der Waals surface area contributed by atoms with E-state index in [1.165, 1.54) is 0 Å². The van der Waals surface area contributed by atoms with Crippen LogP contribution in [0.25, 0.3) is 5.65 Å². The van der Waals surface area contributed by atoms with Gasteiger partial charge in [-0.1, -0.05) is 6.07 Å². The maximum Gasteiger partial charge on any atom is 0.410 e. The SMILES string of the molecule is CC(O)Cc1cn2c(N3CCN(C(=O)OC(C)(C)C)CC3)cccc2n1. The summed E-state index contributed by atoms with van der Waals surface area (Å²) in [5.41, 5.74) is 1.27. The zero-order chi connectivity index (χ0) is 18.9. The maximum atomic E-state index is 12.2. The molecule has 0 aliphatic carbocycles. The van der Waals surface area contributed by atoms with E-state index in [0.717, 1.165) is 30.2 Å². The van der Waals surface area contributed by atoms with Crippen LogP contribution < -0.4 is 4.90 Å². The van der Waals surface area contributed by atoms with Gasteiger partial charge in [0.25, 0.3) is 0 Å². The van der Waals surface area contributed by atoms with E-state index >= 15 is 0 Å². The van der Waals surface area contributed by atoms with Crippen molar-refractivity contribution in [3.05, 3.63) is 30.1 Å². The standard InChI is InChI=1S/C19H28N4O3/c1-14(24)12-15-13-23-16(20-15)6-5-7-17(23)21-8-10-22(11-9-21)18(25)26-19(2,3)4/h5-7,13-14,24H,8-12H2,1-4H3. The number of piperazine rings is 1. The molecule has 1 amide bonds. The van der Waals surface area contributed by atoms with Crippen molar-refractivity contribution in [2.75, 3.05) is 31.1 Å². The van der Waals surface area contributed by atoms with Crippen LogP contribution in [0.15, 0.2) is 24.4 Å². The molecule has 2 aromatic rings. The summed E-state index contributed by atoms with van der Waals surface area (Å²) >= 11 is 0. The van der Waals surface area contributed by atoms with Gasteiger partial charge in [0.05, 0.1) is 11.8 Å². The third-order valence-corrected chi connectivity index (χ3v) is 4.28. The highest BCUT2D eigenvalue weighted by molar-refractivity contribution is 5.68. The number of aliphatic hydroxyl groups is 1. The highest BCUT2D eigenvalue weighted by Gasteiger charge is 2.26. The van der Waals surface area contributed by atoms with Crippen LogP contribution in [-0.4, -0.2) is 63.4 Å². The first kappa shape index (κ1) is 18.5. The molecule has 1 saturated heterocycles. The fraction of sp³-hybridized carbons (Fsp3) is 0.579. The molecule has 0 radical (unpaired) electrons. The topological polar surface area (TPSA) is 70.3 Å². The van der Waals surface area contributed by atoms with Gasteiger partial charge in [0, 0.05) is 38.8 Å². The number of pyridine rings is 1. The molecular formula is C19H28N4O3. The maximum absolute atomic E-state index is 12.2. The molecule has 1 N–H and O–H groups in total. The van der Waals surface area contributed by atoms with Gasteiger partial charge >= 0.3 is 6.09 Å². The Labute approximate surface area is 154 Å². The lowest BCUT2D eigenvalue weighted by molar-refractivity contribution is 0.0240. The molecule has 3 heterocycles. The minimum absolute atomic E-state index is 0.253. The third kappa shape index (κ3) is 4.27.